The molecule has 3 atom stereocenters. The van der Waals surface area contributed by atoms with Crippen molar-refractivity contribution < 1.29 is 14.1 Å². The maximum absolute atomic E-state index is 12.8. The lowest BCUT2D eigenvalue weighted by molar-refractivity contribution is -0.139. The van der Waals surface area contributed by atoms with Crippen LogP contribution in [0.4, 0.5) is 0 Å². The maximum atomic E-state index is 12.8. The maximum Gasteiger partial charge on any atom is 0.227 e. The Kier molecular flexibility index (Phi) is 4.11. The van der Waals surface area contributed by atoms with Gasteiger partial charge in [0, 0.05) is 44.9 Å². The largest absolute Gasteiger partial charge is 0.377 e. The highest BCUT2D eigenvalue weighted by molar-refractivity contribution is 5.79. The van der Waals surface area contributed by atoms with Gasteiger partial charge in [-0.05, 0) is 32.6 Å². The molecule has 23 heavy (non-hydrogen) atoms. The number of ether oxygens (including phenoxy) is 1. The first-order valence-corrected chi connectivity index (χ1v) is 8.77. The summed E-state index contributed by atoms with van der Waals surface area (Å²) in [5.74, 6) is 1.21. The molecule has 1 aromatic heterocycles. The second-order valence-corrected chi connectivity index (χ2v) is 7.09. The van der Waals surface area contributed by atoms with E-state index in [1.54, 1.807) is 0 Å². The summed E-state index contributed by atoms with van der Waals surface area (Å²) in [6.45, 7) is 6.11. The van der Waals surface area contributed by atoms with Gasteiger partial charge in [-0.2, -0.15) is 0 Å². The van der Waals surface area contributed by atoms with Gasteiger partial charge >= 0.3 is 0 Å². The van der Waals surface area contributed by atoms with Crippen molar-refractivity contribution in [1.82, 2.24) is 15.0 Å². The number of fused-ring (bicyclic) bond motifs is 1. The van der Waals surface area contributed by atoms with Crippen molar-refractivity contribution in [3.8, 4) is 0 Å². The van der Waals surface area contributed by atoms with Crippen molar-refractivity contribution in [3.63, 3.8) is 0 Å². The van der Waals surface area contributed by atoms with Crippen molar-refractivity contribution in [3.05, 3.63) is 17.5 Å². The Balaban J connectivity index is 1.48. The lowest BCUT2D eigenvalue weighted by atomic mass is 9.89. The lowest BCUT2D eigenvalue weighted by Gasteiger charge is -2.40. The average Bonchev–Trinajstić information content (AvgIpc) is 3.27. The van der Waals surface area contributed by atoms with Gasteiger partial charge in [0.2, 0.25) is 5.91 Å². The minimum atomic E-state index is 0.0560. The Morgan fingerprint density at radius 3 is 2.96 bits per heavy atom. The number of hydrogen-bond acceptors (Lipinski definition) is 5. The second-order valence-electron chi connectivity index (χ2n) is 7.09. The van der Waals surface area contributed by atoms with Gasteiger partial charge in [-0.3, -0.25) is 9.69 Å². The molecule has 0 bridgehead atoms. The molecule has 3 fully saturated rings. The monoisotopic (exact) mass is 319 g/mol. The number of carbonyl (C=O) groups excluding carboxylic acids is 1. The Morgan fingerprint density at radius 2 is 2.22 bits per heavy atom. The number of carbonyl (C=O) groups is 1. The molecule has 0 saturated carbocycles. The highest BCUT2D eigenvalue weighted by atomic mass is 16.5. The smallest absolute Gasteiger partial charge is 0.227 e. The van der Waals surface area contributed by atoms with E-state index in [0.29, 0.717) is 11.9 Å². The van der Waals surface area contributed by atoms with E-state index < -0.39 is 0 Å². The fourth-order valence-electron chi connectivity index (χ4n) is 4.31. The quantitative estimate of drug-likeness (QED) is 0.847. The van der Waals surface area contributed by atoms with Gasteiger partial charge in [0.25, 0.3) is 0 Å². The van der Waals surface area contributed by atoms with Crippen molar-refractivity contribution in [2.45, 2.75) is 51.3 Å². The fourth-order valence-corrected chi connectivity index (χ4v) is 4.31. The Bertz CT molecular complexity index is 567. The zero-order chi connectivity index (χ0) is 15.8. The van der Waals surface area contributed by atoms with Crippen LogP contribution in [-0.4, -0.2) is 59.3 Å². The molecule has 4 rings (SSSR count). The van der Waals surface area contributed by atoms with Crippen LogP contribution in [0.1, 0.15) is 37.1 Å². The summed E-state index contributed by atoms with van der Waals surface area (Å²) in [5, 5.41) is 4.12. The van der Waals surface area contributed by atoms with Crippen molar-refractivity contribution in [1.29, 1.82) is 0 Å². The molecular weight excluding hydrogens is 294 g/mol. The van der Waals surface area contributed by atoms with Gasteiger partial charge in [0.05, 0.1) is 17.7 Å². The van der Waals surface area contributed by atoms with Crippen LogP contribution in [0.25, 0.3) is 0 Å². The summed E-state index contributed by atoms with van der Waals surface area (Å²) in [5.41, 5.74) is 0.947. The minimum absolute atomic E-state index is 0.0560. The average molecular weight is 319 g/mol. The summed E-state index contributed by atoms with van der Waals surface area (Å²) < 4.78 is 11.1. The molecule has 1 aromatic rings. The fraction of sp³-hybridized carbons (Fsp3) is 0.765. The van der Waals surface area contributed by atoms with Crippen LogP contribution in [-0.2, 0) is 16.1 Å². The molecule has 0 N–H and O–H groups in total. The molecule has 1 amide bonds. The number of nitrogens with zero attached hydrogens (tertiary/aromatic N) is 3. The van der Waals surface area contributed by atoms with Crippen LogP contribution in [0.15, 0.2) is 10.6 Å². The van der Waals surface area contributed by atoms with Crippen LogP contribution in [0.2, 0.25) is 0 Å². The first kappa shape index (κ1) is 15.1. The van der Waals surface area contributed by atoms with Crippen LogP contribution < -0.4 is 0 Å². The molecule has 126 valence electrons. The van der Waals surface area contributed by atoms with Crippen molar-refractivity contribution in [2.24, 2.45) is 5.92 Å². The van der Waals surface area contributed by atoms with Gasteiger partial charge < -0.3 is 14.2 Å². The Hall–Kier alpha value is -1.40. The number of aromatic nitrogens is 1. The predicted octanol–water partition coefficient (Wildman–Crippen LogP) is 1.58. The molecular formula is C17H25N3O3. The minimum Gasteiger partial charge on any atom is -0.377 e. The Morgan fingerprint density at radius 1 is 1.39 bits per heavy atom. The van der Waals surface area contributed by atoms with Crippen LogP contribution in [0.5, 0.6) is 0 Å². The summed E-state index contributed by atoms with van der Waals surface area (Å²) in [6, 6.07) is 2.39. The number of likely N-dealkylation sites (tertiary alicyclic amines) is 2. The normalized spacial score (nSPS) is 31.5. The summed E-state index contributed by atoms with van der Waals surface area (Å²) >= 11 is 0. The van der Waals surface area contributed by atoms with E-state index in [2.05, 4.69) is 10.1 Å². The second kappa shape index (κ2) is 6.24. The molecule has 0 radical (unpaired) electrons. The summed E-state index contributed by atoms with van der Waals surface area (Å²) in [7, 11) is 0. The SMILES string of the molecule is Cc1cc(CN2C[C@H](C(=O)N3CCCC3)C[C@@H]3OCC[C@@H]32)no1. The third-order valence-electron chi connectivity index (χ3n) is 5.42. The van der Waals surface area contributed by atoms with Crippen LogP contribution in [0.3, 0.4) is 0 Å². The van der Waals surface area contributed by atoms with E-state index in [1.165, 1.54) is 0 Å². The number of amides is 1. The van der Waals surface area contributed by atoms with E-state index in [0.717, 1.165) is 69.9 Å². The van der Waals surface area contributed by atoms with Crippen molar-refractivity contribution in [2.75, 3.05) is 26.2 Å². The molecule has 3 aliphatic rings. The van der Waals surface area contributed by atoms with Gasteiger partial charge in [-0.15, -0.1) is 0 Å². The van der Waals surface area contributed by atoms with E-state index >= 15 is 0 Å². The van der Waals surface area contributed by atoms with Crippen LogP contribution >= 0.6 is 0 Å². The highest BCUT2D eigenvalue weighted by Gasteiger charge is 2.43. The number of piperidine rings is 1. The standard InChI is InChI=1S/C17H25N3O3/c1-12-8-14(18-23-12)11-20-10-13(9-16-15(20)4-7-22-16)17(21)19-5-2-3-6-19/h8,13,15-16H,2-7,9-11H2,1H3/t13-,15+,16+/m1/s1. The van der Waals surface area contributed by atoms with Gasteiger partial charge in [-0.1, -0.05) is 5.16 Å². The summed E-state index contributed by atoms with van der Waals surface area (Å²) in [6.07, 6.45) is 4.39. The molecule has 6 nitrogen and oxygen atoms in total. The van der Waals surface area contributed by atoms with E-state index in [-0.39, 0.29) is 12.0 Å². The zero-order valence-corrected chi connectivity index (χ0v) is 13.7. The van der Waals surface area contributed by atoms with Crippen LogP contribution in [0, 0.1) is 12.8 Å². The third kappa shape index (κ3) is 3.02. The lowest BCUT2D eigenvalue weighted by Crippen LogP contribution is -2.52. The Labute approximate surface area is 136 Å². The number of rotatable bonds is 3. The molecule has 0 aromatic carbocycles. The molecule has 3 aliphatic heterocycles. The van der Waals surface area contributed by atoms with E-state index in [4.69, 9.17) is 9.26 Å². The molecule has 0 spiro atoms. The molecule has 3 saturated heterocycles. The summed E-state index contributed by atoms with van der Waals surface area (Å²) in [4.78, 5) is 17.2. The first-order chi connectivity index (χ1) is 11.2. The topological polar surface area (TPSA) is 58.8 Å². The third-order valence-corrected chi connectivity index (χ3v) is 5.42. The number of hydrogen-bond donors (Lipinski definition) is 0. The number of aryl methyl sites for hydroxylation is 1. The van der Waals surface area contributed by atoms with Gasteiger partial charge in [0.15, 0.2) is 0 Å². The molecule has 4 heterocycles. The molecule has 0 aliphatic carbocycles. The van der Waals surface area contributed by atoms with Gasteiger partial charge in [-0.25, -0.2) is 0 Å². The molecule has 6 heteroatoms. The zero-order valence-electron chi connectivity index (χ0n) is 13.7. The predicted molar refractivity (Wildman–Crippen MR) is 83.7 cm³/mol. The highest BCUT2D eigenvalue weighted by Crippen LogP contribution is 2.33. The molecule has 0 unspecified atom stereocenters. The van der Waals surface area contributed by atoms with Gasteiger partial charge in [0.1, 0.15) is 5.76 Å². The van der Waals surface area contributed by atoms with E-state index in [9.17, 15) is 4.79 Å². The van der Waals surface area contributed by atoms with E-state index in [1.807, 2.05) is 17.9 Å². The first-order valence-electron chi connectivity index (χ1n) is 8.77. The van der Waals surface area contributed by atoms with Crippen molar-refractivity contribution >= 4 is 5.91 Å².